The first-order valence-electron chi connectivity index (χ1n) is 5.23. The molecule has 0 saturated carbocycles. The molecule has 0 unspecified atom stereocenters. The summed E-state index contributed by atoms with van der Waals surface area (Å²) in [5.41, 5.74) is -0.593. The number of rotatable bonds is 4. The first kappa shape index (κ1) is 14.3. The van der Waals surface area contributed by atoms with E-state index in [4.69, 9.17) is 11.6 Å². The van der Waals surface area contributed by atoms with E-state index in [1.54, 1.807) is 0 Å². The van der Waals surface area contributed by atoms with Crippen molar-refractivity contribution in [3.05, 3.63) is 41.1 Å². The fraction of sp³-hybridized carbons (Fsp3) is 0.0833. The Bertz CT molecular complexity index is 653. The number of carbonyl (C=O) groups is 1. The second kappa shape index (κ2) is 5.87. The van der Waals surface area contributed by atoms with Gasteiger partial charge in [-0.05, 0) is 12.1 Å². The van der Waals surface area contributed by atoms with Crippen LogP contribution in [-0.2, 0) is 0 Å². The number of halogens is 4. The molecule has 0 N–H and O–H groups in total. The lowest BCUT2D eigenvalue weighted by Gasteiger charge is -2.12. The summed E-state index contributed by atoms with van der Waals surface area (Å²) in [4.78, 5) is 18.1. The average molecular weight is 303 g/mol. The molecule has 0 amide bonds. The van der Waals surface area contributed by atoms with E-state index >= 15 is 0 Å². The molecule has 2 aromatic rings. The summed E-state index contributed by atoms with van der Waals surface area (Å²) in [7, 11) is 0. The minimum atomic E-state index is -3.14. The van der Waals surface area contributed by atoms with Gasteiger partial charge in [0.05, 0.1) is 28.7 Å². The lowest BCUT2D eigenvalue weighted by atomic mass is 10.1. The monoisotopic (exact) mass is 302 g/mol. The van der Waals surface area contributed by atoms with E-state index in [1.807, 2.05) is 0 Å². The number of aldehydes is 1. The Kier molecular flexibility index (Phi) is 4.19. The molecular formula is C12H6ClF3N2O2. The first-order valence-corrected chi connectivity index (χ1v) is 5.61. The molecule has 0 aliphatic carbocycles. The number of hydrogen-bond acceptors (Lipinski definition) is 4. The highest BCUT2D eigenvalue weighted by Crippen LogP contribution is 2.35. The van der Waals surface area contributed by atoms with Crippen molar-refractivity contribution in [2.75, 3.05) is 0 Å². The molecule has 1 aromatic carbocycles. The Balaban J connectivity index is 2.63. The molecule has 20 heavy (non-hydrogen) atoms. The number of nitrogens with zero attached hydrogens (tertiary/aromatic N) is 2. The van der Waals surface area contributed by atoms with Crippen LogP contribution in [0.2, 0.25) is 5.02 Å². The van der Waals surface area contributed by atoms with Crippen molar-refractivity contribution in [2.24, 2.45) is 0 Å². The van der Waals surface area contributed by atoms with Crippen molar-refractivity contribution < 1.29 is 22.7 Å². The van der Waals surface area contributed by atoms with Gasteiger partial charge in [0.15, 0.2) is 12.1 Å². The molecule has 1 aromatic heterocycles. The van der Waals surface area contributed by atoms with Gasteiger partial charge in [-0.25, -0.2) is 9.37 Å². The highest BCUT2D eigenvalue weighted by Gasteiger charge is 2.19. The molecule has 0 atom stereocenters. The molecule has 0 saturated heterocycles. The van der Waals surface area contributed by atoms with Crippen LogP contribution < -0.4 is 4.74 Å². The van der Waals surface area contributed by atoms with Gasteiger partial charge in [0.2, 0.25) is 0 Å². The van der Waals surface area contributed by atoms with E-state index in [0.29, 0.717) is 6.29 Å². The van der Waals surface area contributed by atoms with E-state index in [1.165, 1.54) is 0 Å². The molecular weight excluding hydrogens is 297 g/mol. The fourth-order valence-electron chi connectivity index (χ4n) is 1.52. The minimum Gasteiger partial charge on any atom is -0.434 e. The summed E-state index contributed by atoms with van der Waals surface area (Å²) in [6.07, 6.45) is 2.65. The van der Waals surface area contributed by atoms with Crippen molar-refractivity contribution in [3.63, 3.8) is 0 Å². The van der Waals surface area contributed by atoms with Crippen molar-refractivity contribution >= 4 is 17.9 Å². The maximum Gasteiger partial charge on any atom is 0.387 e. The Morgan fingerprint density at radius 1 is 1.30 bits per heavy atom. The Hall–Kier alpha value is -2.15. The number of benzene rings is 1. The predicted octanol–water partition coefficient (Wildman–Crippen LogP) is 3.35. The van der Waals surface area contributed by atoms with E-state index in [2.05, 4.69) is 14.7 Å². The Morgan fingerprint density at radius 2 is 2.05 bits per heavy atom. The molecule has 0 aliphatic heterocycles. The molecule has 2 rings (SSSR count). The second-order valence-corrected chi connectivity index (χ2v) is 3.97. The van der Waals surface area contributed by atoms with E-state index < -0.39 is 18.2 Å². The number of hydrogen-bond donors (Lipinski definition) is 0. The van der Waals surface area contributed by atoms with Gasteiger partial charge in [-0.3, -0.25) is 9.78 Å². The van der Waals surface area contributed by atoms with Crippen LogP contribution in [0.25, 0.3) is 11.3 Å². The van der Waals surface area contributed by atoms with Crippen LogP contribution in [0.1, 0.15) is 10.5 Å². The smallest absolute Gasteiger partial charge is 0.387 e. The first-order chi connectivity index (χ1) is 9.52. The molecule has 0 fully saturated rings. The Labute approximate surface area is 116 Å². The third-order valence-electron chi connectivity index (χ3n) is 2.30. The van der Waals surface area contributed by atoms with E-state index in [9.17, 15) is 18.0 Å². The average Bonchev–Trinajstić information content (AvgIpc) is 2.43. The van der Waals surface area contributed by atoms with Crippen molar-refractivity contribution in [1.82, 2.24) is 9.97 Å². The number of ether oxygens (including phenoxy) is 1. The van der Waals surface area contributed by atoms with Gasteiger partial charge in [0, 0.05) is 0 Å². The zero-order valence-electron chi connectivity index (χ0n) is 9.69. The lowest BCUT2D eigenvalue weighted by Crippen LogP contribution is -2.05. The van der Waals surface area contributed by atoms with Gasteiger partial charge >= 0.3 is 6.61 Å². The fourth-order valence-corrected chi connectivity index (χ4v) is 1.68. The molecule has 8 heteroatoms. The van der Waals surface area contributed by atoms with Crippen LogP contribution in [0, 0.1) is 5.82 Å². The van der Waals surface area contributed by atoms with E-state index in [0.717, 1.165) is 24.5 Å². The highest BCUT2D eigenvalue weighted by atomic mass is 35.5. The summed E-state index contributed by atoms with van der Waals surface area (Å²) in [5, 5.41) is -0.292. The van der Waals surface area contributed by atoms with Crippen LogP contribution >= 0.6 is 11.6 Å². The number of alkyl halides is 2. The van der Waals surface area contributed by atoms with E-state index in [-0.39, 0.29) is 22.0 Å². The van der Waals surface area contributed by atoms with Gasteiger partial charge in [-0.2, -0.15) is 8.78 Å². The molecule has 4 nitrogen and oxygen atoms in total. The third kappa shape index (κ3) is 2.88. The molecule has 0 bridgehead atoms. The summed E-state index contributed by atoms with van der Waals surface area (Å²) in [6, 6.07) is 2.16. The van der Waals surface area contributed by atoms with Crippen LogP contribution in [0.5, 0.6) is 5.75 Å². The normalized spacial score (nSPS) is 10.7. The molecule has 104 valence electrons. The van der Waals surface area contributed by atoms with Crippen LogP contribution in [0.4, 0.5) is 13.2 Å². The summed E-state index contributed by atoms with van der Waals surface area (Å²) >= 11 is 5.61. The largest absolute Gasteiger partial charge is 0.434 e. The molecule has 0 aliphatic rings. The molecule has 0 spiro atoms. The number of carbonyl (C=O) groups excluding carboxylic acids is 1. The van der Waals surface area contributed by atoms with Gasteiger partial charge in [0.25, 0.3) is 0 Å². The van der Waals surface area contributed by atoms with Crippen molar-refractivity contribution in [2.45, 2.75) is 6.61 Å². The van der Waals surface area contributed by atoms with Gasteiger partial charge in [0.1, 0.15) is 11.4 Å². The minimum absolute atomic E-state index is 0.0788. The van der Waals surface area contributed by atoms with Gasteiger partial charge in [-0.1, -0.05) is 11.6 Å². The summed E-state index contributed by atoms with van der Waals surface area (Å²) in [6.45, 7) is -3.14. The lowest BCUT2D eigenvalue weighted by molar-refractivity contribution is -0.0495. The highest BCUT2D eigenvalue weighted by molar-refractivity contribution is 6.31. The maximum absolute atomic E-state index is 14.0. The SMILES string of the molecule is O=Cc1cncc(-c2c(OC(F)F)ccc(Cl)c2F)n1. The quantitative estimate of drug-likeness (QED) is 0.813. The zero-order chi connectivity index (χ0) is 14.7. The van der Waals surface area contributed by atoms with Crippen LogP contribution in [-0.4, -0.2) is 22.9 Å². The number of aromatic nitrogens is 2. The summed E-state index contributed by atoms with van der Waals surface area (Å²) in [5.74, 6) is -1.43. The second-order valence-electron chi connectivity index (χ2n) is 3.56. The third-order valence-corrected chi connectivity index (χ3v) is 2.59. The van der Waals surface area contributed by atoms with Gasteiger partial charge < -0.3 is 4.74 Å². The topological polar surface area (TPSA) is 52.1 Å². The maximum atomic E-state index is 14.0. The van der Waals surface area contributed by atoms with Crippen LogP contribution in [0.3, 0.4) is 0 Å². The van der Waals surface area contributed by atoms with Crippen molar-refractivity contribution in [3.8, 4) is 17.0 Å². The van der Waals surface area contributed by atoms with Crippen molar-refractivity contribution in [1.29, 1.82) is 0 Å². The molecule has 1 heterocycles. The zero-order valence-corrected chi connectivity index (χ0v) is 10.4. The Morgan fingerprint density at radius 3 is 2.70 bits per heavy atom. The standard InChI is InChI=1S/C12H6ClF3N2O2/c13-7-1-2-9(20-12(15)16)10(11(7)14)8-4-17-3-6(5-19)18-8/h1-5,12H. The summed E-state index contributed by atoms with van der Waals surface area (Å²) < 4.78 is 42.9. The van der Waals surface area contributed by atoms with Crippen LogP contribution in [0.15, 0.2) is 24.5 Å². The molecule has 0 radical (unpaired) electrons. The van der Waals surface area contributed by atoms with Gasteiger partial charge in [-0.15, -0.1) is 0 Å². The predicted molar refractivity (Wildman–Crippen MR) is 64.5 cm³/mol.